The number of hydrogen-bond acceptors (Lipinski definition) is 3. The van der Waals surface area contributed by atoms with Crippen LogP contribution >= 0.6 is 0 Å². The van der Waals surface area contributed by atoms with Crippen molar-refractivity contribution in [2.45, 2.75) is 58.4 Å². The van der Waals surface area contributed by atoms with Crippen LogP contribution in [-0.2, 0) is 9.59 Å². The van der Waals surface area contributed by atoms with Crippen molar-refractivity contribution in [3.63, 3.8) is 0 Å². The topological polar surface area (TPSA) is 84.2 Å². The first-order chi connectivity index (χ1) is 8.56. The number of nitrogens with two attached hydrogens (primary N) is 1. The highest BCUT2D eigenvalue weighted by Gasteiger charge is 2.04. The molecule has 0 aromatic carbocycles. The predicted octanol–water partition coefficient (Wildman–Crippen LogP) is 0.927. The Morgan fingerprint density at radius 2 is 1.67 bits per heavy atom. The highest BCUT2D eigenvalue weighted by Crippen LogP contribution is 2.01. The fourth-order valence-electron chi connectivity index (χ4n) is 1.58. The summed E-state index contributed by atoms with van der Waals surface area (Å²) in [7, 11) is 0. The van der Waals surface area contributed by atoms with Crippen LogP contribution in [0.1, 0.15) is 52.4 Å². The largest absolute Gasteiger partial charge is 0.356 e. The first kappa shape index (κ1) is 16.9. The highest BCUT2D eigenvalue weighted by atomic mass is 16.2. The van der Waals surface area contributed by atoms with Crippen LogP contribution in [0.25, 0.3) is 0 Å². The van der Waals surface area contributed by atoms with Gasteiger partial charge in [0.05, 0.1) is 0 Å². The van der Waals surface area contributed by atoms with Gasteiger partial charge in [-0.15, -0.1) is 0 Å². The number of carbonyl (C=O) groups excluding carboxylic acids is 2. The van der Waals surface area contributed by atoms with Crippen LogP contribution in [0.15, 0.2) is 0 Å². The van der Waals surface area contributed by atoms with Gasteiger partial charge in [-0.2, -0.15) is 0 Å². The van der Waals surface area contributed by atoms with Crippen molar-refractivity contribution in [2.24, 2.45) is 5.73 Å². The van der Waals surface area contributed by atoms with E-state index in [1.807, 2.05) is 13.8 Å². The SMILES string of the molecule is CC(C)NC(=O)CCNC(=O)CCCCCCN. The average molecular weight is 257 g/mol. The van der Waals surface area contributed by atoms with Crippen LogP contribution < -0.4 is 16.4 Å². The molecular weight excluding hydrogens is 230 g/mol. The van der Waals surface area contributed by atoms with Gasteiger partial charge in [-0.05, 0) is 33.2 Å². The zero-order valence-corrected chi connectivity index (χ0v) is 11.6. The number of rotatable bonds is 10. The molecule has 0 unspecified atom stereocenters. The molecule has 2 amide bonds. The minimum absolute atomic E-state index is 0.0201. The van der Waals surface area contributed by atoms with E-state index in [2.05, 4.69) is 10.6 Å². The summed E-state index contributed by atoms with van der Waals surface area (Å²) in [6.45, 7) is 4.97. The molecule has 0 aliphatic heterocycles. The number of amides is 2. The molecule has 0 aliphatic rings. The van der Waals surface area contributed by atoms with Gasteiger partial charge < -0.3 is 16.4 Å². The molecule has 0 heterocycles. The Kier molecular flexibility index (Phi) is 10.3. The second kappa shape index (κ2) is 11.0. The van der Waals surface area contributed by atoms with E-state index >= 15 is 0 Å². The van der Waals surface area contributed by atoms with E-state index in [9.17, 15) is 9.59 Å². The van der Waals surface area contributed by atoms with E-state index in [0.29, 0.717) is 19.4 Å². The Morgan fingerprint density at radius 1 is 1.00 bits per heavy atom. The van der Waals surface area contributed by atoms with Crippen molar-refractivity contribution < 1.29 is 9.59 Å². The molecule has 5 heteroatoms. The number of unbranched alkanes of at least 4 members (excludes halogenated alkanes) is 3. The smallest absolute Gasteiger partial charge is 0.221 e. The molecule has 18 heavy (non-hydrogen) atoms. The second-order valence-corrected chi connectivity index (χ2v) is 4.78. The third-order valence-corrected chi connectivity index (χ3v) is 2.48. The predicted molar refractivity (Wildman–Crippen MR) is 73.0 cm³/mol. The quantitative estimate of drug-likeness (QED) is 0.509. The van der Waals surface area contributed by atoms with E-state index in [4.69, 9.17) is 5.73 Å². The third kappa shape index (κ3) is 11.4. The van der Waals surface area contributed by atoms with Crippen molar-refractivity contribution in [1.82, 2.24) is 10.6 Å². The Hall–Kier alpha value is -1.10. The number of nitrogens with one attached hydrogen (secondary N) is 2. The maximum Gasteiger partial charge on any atom is 0.221 e. The molecule has 5 nitrogen and oxygen atoms in total. The Morgan fingerprint density at radius 3 is 2.28 bits per heavy atom. The summed E-state index contributed by atoms with van der Waals surface area (Å²) in [5.74, 6) is 0.00772. The van der Waals surface area contributed by atoms with Gasteiger partial charge in [-0.25, -0.2) is 0 Å². The second-order valence-electron chi connectivity index (χ2n) is 4.78. The van der Waals surface area contributed by atoms with E-state index in [-0.39, 0.29) is 17.9 Å². The van der Waals surface area contributed by atoms with Crippen LogP contribution in [0.2, 0.25) is 0 Å². The Bertz CT molecular complexity index is 242. The molecule has 0 atom stereocenters. The van der Waals surface area contributed by atoms with Gasteiger partial charge in [0.1, 0.15) is 0 Å². The lowest BCUT2D eigenvalue weighted by Crippen LogP contribution is -2.34. The third-order valence-electron chi connectivity index (χ3n) is 2.48. The maximum atomic E-state index is 11.4. The van der Waals surface area contributed by atoms with Crippen LogP contribution in [0.3, 0.4) is 0 Å². The van der Waals surface area contributed by atoms with E-state index in [1.165, 1.54) is 0 Å². The summed E-state index contributed by atoms with van der Waals surface area (Å²) in [5.41, 5.74) is 5.38. The van der Waals surface area contributed by atoms with Crippen LogP contribution in [0, 0.1) is 0 Å². The lowest BCUT2D eigenvalue weighted by molar-refractivity contribution is -0.122. The maximum absolute atomic E-state index is 11.4. The molecule has 0 fully saturated rings. The summed E-state index contributed by atoms with van der Waals surface area (Å²) >= 11 is 0. The molecule has 106 valence electrons. The lowest BCUT2D eigenvalue weighted by Gasteiger charge is -2.08. The zero-order valence-electron chi connectivity index (χ0n) is 11.6. The van der Waals surface area contributed by atoms with Gasteiger partial charge in [0.2, 0.25) is 11.8 Å². The van der Waals surface area contributed by atoms with Gasteiger partial charge in [-0.3, -0.25) is 9.59 Å². The Balaban J connectivity index is 3.39. The summed E-state index contributed by atoms with van der Waals surface area (Å²) < 4.78 is 0. The summed E-state index contributed by atoms with van der Waals surface area (Å²) in [5, 5.41) is 5.53. The van der Waals surface area contributed by atoms with E-state index < -0.39 is 0 Å². The zero-order chi connectivity index (χ0) is 13.8. The minimum Gasteiger partial charge on any atom is -0.356 e. The summed E-state index contributed by atoms with van der Waals surface area (Å²) in [6, 6.07) is 0.149. The van der Waals surface area contributed by atoms with Crippen molar-refractivity contribution in [3.8, 4) is 0 Å². The standard InChI is InChI=1S/C13H27N3O2/c1-11(2)16-13(18)8-10-15-12(17)7-5-3-4-6-9-14/h11H,3-10,14H2,1-2H3,(H,15,17)(H,16,18). The monoisotopic (exact) mass is 257 g/mol. The van der Waals surface area contributed by atoms with Gasteiger partial charge in [0.15, 0.2) is 0 Å². The fourth-order valence-corrected chi connectivity index (χ4v) is 1.58. The molecule has 0 saturated heterocycles. The van der Waals surface area contributed by atoms with Crippen molar-refractivity contribution in [3.05, 3.63) is 0 Å². The molecule has 0 spiro atoms. The molecule has 0 aromatic rings. The highest BCUT2D eigenvalue weighted by molar-refractivity contribution is 5.79. The molecule has 0 aliphatic carbocycles. The molecule has 0 saturated carbocycles. The molecular formula is C13H27N3O2. The fraction of sp³-hybridized carbons (Fsp3) is 0.846. The lowest BCUT2D eigenvalue weighted by atomic mass is 10.1. The normalized spacial score (nSPS) is 10.4. The summed E-state index contributed by atoms with van der Waals surface area (Å²) in [6.07, 6.45) is 4.92. The molecule has 4 N–H and O–H groups in total. The van der Waals surface area contributed by atoms with Gasteiger partial charge in [-0.1, -0.05) is 12.8 Å². The van der Waals surface area contributed by atoms with E-state index in [1.54, 1.807) is 0 Å². The molecule has 0 radical (unpaired) electrons. The van der Waals surface area contributed by atoms with E-state index in [0.717, 1.165) is 32.2 Å². The average Bonchev–Trinajstić information content (AvgIpc) is 2.27. The number of carbonyl (C=O) groups is 2. The first-order valence-electron chi connectivity index (χ1n) is 6.82. The van der Waals surface area contributed by atoms with Crippen molar-refractivity contribution >= 4 is 11.8 Å². The Labute approximate surface area is 110 Å². The molecule has 0 aromatic heterocycles. The van der Waals surface area contributed by atoms with Crippen molar-refractivity contribution in [2.75, 3.05) is 13.1 Å². The van der Waals surface area contributed by atoms with Crippen LogP contribution in [0.4, 0.5) is 0 Å². The van der Waals surface area contributed by atoms with Crippen molar-refractivity contribution in [1.29, 1.82) is 0 Å². The minimum atomic E-state index is -0.0201. The van der Waals surface area contributed by atoms with Crippen LogP contribution in [0.5, 0.6) is 0 Å². The number of hydrogen-bond donors (Lipinski definition) is 3. The van der Waals surface area contributed by atoms with Crippen LogP contribution in [-0.4, -0.2) is 30.9 Å². The van der Waals surface area contributed by atoms with Gasteiger partial charge in [0.25, 0.3) is 0 Å². The summed E-state index contributed by atoms with van der Waals surface area (Å²) in [4.78, 5) is 22.7. The van der Waals surface area contributed by atoms with Gasteiger partial charge in [0, 0.05) is 25.4 Å². The first-order valence-corrected chi connectivity index (χ1v) is 6.82. The molecule has 0 rings (SSSR count). The van der Waals surface area contributed by atoms with Gasteiger partial charge >= 0.3 is 0 Å². The molecule has 0 bridgehead atoms.